The molecule has 0 unspecified atom stereocenters. The van der Waals surface area contributed by atoms with Crippen LogP contribution in [0.5, 0.6) is 0 Å². The molecule has 6 heteroatoms. The van der Waals surface area contributed by atoms with E-state index in [9.17, 15) is 9.90 Å². The molecular weight excluding hydrogens is 305 g/mol. The van der Waals surface area contributed by atoms with Gasteiger partial charge in [-0.05, 0) is 42.5 Å². The summed E-state index contributed by atoms with van der Waals surface area (Å²) in [6, 6.07) is 4.75. The maximum Gasteiger partial charge on any atom is 0.252 e. The fourth-order valence-electron chi connectivity index (χ4n) is 1.94. The highest BCUT2D eigenvalue weighted by atomic mass is 35.5. The Labute approximate surface area is 126 Å². The number of aliphatic hydroxyl groups is 1. The van der Waals surface area contributed by atoms with Gasteiger partial charge in [-0.3, -0.25) is 4.79 Å². The van der Waals surface area contributed by atoms with Crippen LogP contribution in [0.15, 0.2) is 18.2 Å². The van der Waals surface area contributed by atoms with Crippen molar-refractivity contribution in [1.82, 2.24) is 5.32 Å². The summed E-state index contributed by atoms with van der Waals surface area (Å²) in [5.41, 5.74) is -0.464. The van der Waals surface area contributed by atoms with Gasteiger partial charge in [-0.1, -0.05) is 23.2 Å². The summed E-state index contributed by atoms with van der Waals surface area (Å²) >= 11 is 13.6. The summed E-state index contributed by atoms with van der Waals surface area (Å²) in [6.07, 6.45) is 1.39. The monoisotopic (exact) mass is 319 g/mol. The first-order valence-corrected chi connectivity index (χ1v) is 7.95. The number of rotatable bonds is 3. The summed E-state index contributed by atoms with van der Waals surface area (Å²) in [4.78, 5) is 12.0. The molecule has 2 rings (SSSR count). The third kappa shape index (κ3) is 4.02. The largest absolute Gasteiger partial charge is 0.388 e. The summed E-state index contributed by atoms with van der Waals surface area (Å²) < 4.78 is 0. The summed E-state index contributed by atoms with van der Waals surface area (Å²) in [7, 11) is 0. The number of carbonyl (C=O) groups is 1. The van der Waals surface area contributed by atoms with E-state index in [1.807, 2.05) is 11.8 Å². The molecule has 1 aliphatic heterocycles. The van der Waals surface area contributed by atoms with Crippen molar-refractivity contribution in [2.24, 2.45) is 0 Å². The normalized spacial score (nSPS) is 18.1. The van der Waals surface area contributed by atoms with E-state index in [0.29, 0.717) is 28.5 Å². The minimum atomic E-state index is -0.800. The Morgan fingerprint density at radius 3 is 2.74 bits per heavy atom. The average Bonchev–Trinajstić information content (AvgIpc) is 2.40. The second-order valence-corrected chi connectivity index (χ2v) is 6.71. The average molecular weight is 320 g/mol. The van der Waals surface area contributed by atoms with Crippen molar-refractivity contribution >= 4 is 40.9 Å². The molecule has 3 nitrogen and oxygen atoms in total. The van der Waals surface area contributed by atoms with Crippen molar-refractivity contribution < 1.29 is 9.90 Å². The van der Waals surface area contributed by atoms with Gasteiger partial charge in [0.2, 0.25) is 0 Å². The van der Waals surface area contributed by atoms with Gasteiger partial charge in [0.05, 0.1) is 16.2 Å². The molecule has 1 aromatic rings. The first-order chi connectivity index (χ1) is 9.00. The van der Waals surface area contributed by atoms with Gasteiger partial charge in [0.1, 0.15) is 0 Å². The molecule has 1 heterocycles. The number of thioether (sulfide) groups is 1. The van der Waals surface area contributed by atoms with Crippen LogP contribution >= 0.6 is 35.0 Å². The van der Waals surface area contributed by atoms with Crippen molar-refractivity contribution in [2.45, 2.75) is 18.4 Å². The highest BCUT2D eigenvalue weighted by molar-refractivity contribution is 7.99. The minimum absolute atomic E-state index is 0.245. The zero-order valence-electron chi connectivity index (χ0n) is 10.3. The first kappa shape index (κ1) is 15.0. The van der Waals surface area contributed by atoms with Crippen LogP contribution in [0.4, 0.5) is 0 Å². The molecule has 0 spiro atoms. The van der Waals surface area contributed by atoms with Crippen LogP contribution in [0.3, 0.4) is 0 Å². The van der Waals surface area contributed by atoms with E-state index < -0.39 is 5.60 Å². The summed E-state index contributed by atoms with van der Waals surface area (Å²) in [6.45, 7) is 0.245. The van der Waals surface area contributed by atoms with Gasteiger partial charge in [0, 0.05) is 11.6 Å². The number of nitrogens with one attached hydrogen (secondary N) is 1. The fourth-order valence-corrected chi connectivity index (χ4v) is 3.57. The fraction of sp³-hybridized carbons (Fsp3) is 0.462. The standard InChI is InChI=1S/C13H15Cl2NO2S/c14-9-1-2-11(15)10(7-9)12(17)16-8-13(18)3-5-19-6-4-13/h1-2,7,18H,3-6,8H2,(H,16,17). The van der Waals surface area contributed by atoms with Crippen LogP contribution < -0.4 is 5.32 Å². The van der Waals surface area contributed by atoms with E-state index in [0.717, 1.165) is 11.5 Å². The van der Waals surface area contributed by atoms with Crippen molar-refractivity contribution in [2.75, 3.05) is 18.1 Å². The topological polar surface area (TPSA) is 49.3 Å². The third-order valence-corrected chi connectivity index (χ3v) is 4.72. The Kier molecular flexibility index (Phi) is 5.01. The smallest absolute Gasteiger partial charge is 0.252 e. The molecule has 1 aromatic carbocycles. The predicted octanol–water partition coefficient (Wildman–Crippen LogP) is 2.98. The molecule has 0 aromatic heterocycles. The van der Waals surface area contributed by atoms with Gasteiger partial charge in [-0.2, -0.15) is 11.8 Å². The van der Waals surface area contributed by atoms with Crippen molar-refractivity contribution in [3.63, 3.8) is 0 Å². The van der Waals surface area contributed by atoms with Crippen LogP contribution in [-0.2, 0) is 0 Å². The van der Waals surface area contributed by atoms with Gasteiger partial charge < -0.3 is 10.4 Å². The third-order valence-electron chi connectivity index (χ3n) is 3.17. The maximum absolute atomic E-state index is 12.0. The lowest BCUT2D eigenvalue weighted by Crippen LogP contribution is -2.45. The molecule has 19 heavy (non-hydrogen) atoms. The van der Waals surface area contributed by atoms with E-state index in [2.05, 4.69) is 5.32 Å². The Morgan fingerprint density at radius 2 is 2.05 bits per heavy atom. The molecule has 104 valence electrons. The lowest BCUT2D eigenvalue weighted by atomic mass is 9.97. The molecule has 1 aliphatic rings. The molecule has 1 saturated heterocycles. The van der Waals surface area contributed by atoms with Gasteiger partial charge >= 0.3 is 0 Å². The zero-order chi connectivity index (χ0) is 13.9. The van der Waals surface area contributed by atoms with Crippen molar-refractivity contribution in [3.05, 3.63) is 33.8 Å². The second-order valence-electron chi connectivity index (χ2n) is 4.64. The van der Waals surface area contributed by atoms with Gasteiger partial charge in [0.25, 0.3) is 5.91 Å². The maximum atomic E-state index is 12.0. The van der Waals surface area contributed by atoms with Crippen molar-refractivity contribution in [1.29, 1.82) is 0 Å². The Hall–Kier alpha value is -0.420. The lowest BCUT2D eigenvalue weighted by Gasteiger charge is -2.31. The Balaban J connectivity index is 1.99. The number of benzene rings is 1. The summed E-state index contributed by atoms with van der Waals surface area (Å²) in [5, 5.41) is 13.9. The van der Waals surface area contributed by atoms with E-state index in [-0.39, 0.29) is 12.5 Å². The Bertz CT molecular complexity index is 476. The van der Waals surface area contributed by atoms with Crippen LogP contribution in [-0.4, -0.2) is 34.7 Å². The van der Waals surface area contributed by atoms with Gasteiger partial charge in [0.15, 0.2) is 0 Å². The van der Waals surface area contributed by atoms with Crippen LogP contribution in [0.25, 0.3) is 0 Å². The lowest BCUT2D eigenvalue weighted by molar-refractivity contribution is 0.0311. The molecule has 0 aliphatic carbocycles. The second kappa shape index (κ2) is 6.35. The molecule has 0 radical (unpaired) electrons. The quantitative estimate of drug-likeness (QED) is 0.900. The van der Waals surface area contributed by atoms with Crippen molar-refractivity contribution in [3.8, 4) is 0 Å². The molecule has 0 atom stereocenters. The highest BCUT2D eigenvalue weighted by Crippen LogP contribution is 2.26. The van der Waals surface area contributed by atoms with E-state index in [1.54, 1.807) is 12.1 Å². The molecule has 1 amide bonds. The predicted molar refractivity (Wildman–Crippen MR) is 80.3 cm³/mol. The highest BCUT2D eigenvalue weighted by Gasteiger charge is 2.30. The minimum Gasteiger partial charge on any atom is -0.388 e. The summed E-state index contributed by atoms with van der Waals surface area (Å²) in [5.74, 6) is 1.54. The number of amides is 1. The van der Waals surface area contributed by atoms with Gasteiger partial charge in [-0.15, -0.1) is 0 Å². The SMILES string of the molecule is O=C(NCC1(O)CCSCC1)c1cc(Cl)ccc1Cl. The number of hydrogen-bond acceptors (Lipinski definition) is 3. The molecule has 0 saturated carbocycles. The van der Waals surface area contributed by atoms with Crippen LogP contribution in [0, 0.1) is 0 Å². The van der Waals surface area contributed by atoms with Crippen LogP contribution in [0.2, 0.25) is 10.0 Å². The Morgan fingerprint density at radius 1 is 1.37 bits per heavy atom. The van der Waals surface area contributed by atoms with Crippen LogP contribution in [0.1, 0.15) is 23.2 Å². The molecule has 1 fully saturated rings. The van der Waals surface area contributed by atoms with E-state index in [1.165, 1.54) is 6.07 Å². The molecular formula is C13H15Cl2NO2S. The number of hydrogen-bond donors (Lipinski definition) is 2. The van der Waals surface area contributed by atoms with Gasteiger partial charge in [-0.25, -0.2) is 0 Å². The zero-order valence-corrected chi connectivity index (χ0v) is 12.6. The van der Waals surface area contributed by atoms with E-state index >= 15 is 0 Å². The molecule has 2 N–H and O–H groups in total. The number of halogens is 2. The molecule has 0 bridgehead atoms. The van der Waals surface area contributed by atoms with E-state index in [4.69, 9.17) is 23.2 Å². The first-order valence-electron chi connectivity index (χ1n) is 6.04. The number of carbonyl (C=O) groups excluding carboxylic acids is 1.